The van der Waals surface area contributed by atoms with Crippen molar-refractivity contribution in [3.8, 4) is 11.5 Å². The number of benzene rings is 1. The first-order valence-electron chi connectivity index (χ1n) is 8.71. The van der Waals surface area contributed by atoms with Crippen LogP contribution < -0.4 is 14.4 Å². The van der Waals surface area contributed by atoms with Gasteiger partial charge in [-0.2, -0.15) is 0 Å². The third kappa shape index (κ3) is 4.29. The number of hydrogen-bond donors (Lipinski definition) is 2. The topological polar surface area (TPSA) is 92.1 Å². The number of aromatic nitrogens is 1. The molecule has 26 heavy (non-hydrogen) atoms. The highest BCUT2D eigenvalue weighted by molar-refractivity contribution is 7.51. The number of hydrogen-bond acceptors (Lipinski definition) is 5. The quantitative estimate of drug-likeness (QED) is 0.744. The SMILES string of the molecule is COc1cc2nccc(N3CCC(CCP(=O)(O)O)CC3)c2cc1OC. The van der Waals surface area contributed by atoms with Gasteiger partial charge in [-0.25, -0.2) is 0 Å². The van der Waals surface area contributed by atoms with Crippen LogP contribution in [0.4, 0.5) is 5.69 Å². The van der Waals surface area contributed by atoms with E-state index in [2.05, 4.69) is 9.88 Å². The molecule has 2 heterocycles. The third-order valence-electron chi connectivity index (χ3n) is 5.01. The van der Waals surface area contributed by atoms with Gasteiger partial charge in [-0.05, 0) is 37.3 Å². The smallest absolute Gasteiger partial charge is 0.325 e. The van der Waals surface area contributed by atoms with E-state index in [1.54, 1.807) is 20.4 Å². The molecule has 3 rings (SSSR count). The highest BCUT2D eigenvalue weighted by Crippen LogP contribution is 2.39. The maximum absolute atomic E-state index is 11.1. The Morgan fingerprint density at radius 1 is 1.19 bits per heavy atom. The Bertz CT molecular complexity index is 815. The van der Waals surface area contributed by atoms with Gasteiger partial charge in [0, 0.05) is 36.4 Å². The number of ether oxygens (including phenoxy) is 2. The molecule has 142 valence electrons. The zero-order valence-corrected chi connectivity index (χ0v) is 16.0. The van der Waals surface area contributed by atoms with Gasteiger partial charge in [-0.3, -0.25) is 9.55 Å². The summed E-state index contributed by atoms with van der Waals surface area (Å²) in [5, 5.41) is 1.01. The average molecular weight is 380 g/mol. The fourth-order valence-electron chi connectivity index (χ4n) is 3.55. The van der Waals surface area contributed by atoms with Crippen LogP contribution in [0.3, 0.4) is 0 Å². The number of anilines is 1. The largest absolute Gasteiger partial charge is 0.493 e. The van der Waals surface area contributed by atoms with Gasteiger partial charge in [0.2, 0.25) is 0 Å². The predicted molar refractivity (Wildman–Crippen MR) is 101 cm³/mol. The number of pyridine rings is 1. The Morgan fingerprint density at radius 3 is 2.46 bits per heavy atom. The molecule has 1 aromatic carbocycles. The van der Waals surface area contributed by atoms with Crippen molar-refractivity contribution in [1.29, 1.82) is 0 Å². The molecule has 2 aromatic rings. The van der Waals surface area contributed by atoms with Crippen LogP contribution >= 0.6 is 7.60 Å². The van der Waals surface area contributed by atoms with Gasteiger partial charge >= 0.3 is 7.60 Å². The molecule has 2 N–H and O–H groups in total. The molecule has 0 unspecified atom stereocenters. The second kappa shape index (κ2) is 7.82. The second-order valence-electron chi connectivity index (χ2n) is 6.66. The molecular weight excluding hydrogens is 355 g/mol. The summed E-state index contributed by atoms with van der Waals surface area (Å²) in [5.74, 6) is 1.69. The minimum atomic E-state index is -3.90. The standard InChI is InChI=1S/C18H25N2O5P/c1-24-17-11-14-15(12-18(17)25-2)19-7-3-16(14)20-8-4-13(5-9-20)6-10-26(21,22)23/h3,7,11-13H,4-6,8-10H2,1-2H3,(H2,21,22,23). The molecule has 0 radical (unpaired) electrons. The highest BCUT2D eigenvalue weighted by atomic mass is 31.2. The molecule has 1 saturated heterocycles. The number of nitrogens with zero attached hydrogens (tertiary/aromatic N) is 2. The Labute approximate surface area is 153 Å². The molecule has 7 nitrogen and oxygen atoms in total. The van der Waals surface area contributed by atoms with Crippen molar-refractivity contribution in [2.75, 3.05) is 38.4 Å². The van der Waals surface area contributed by atoms with Crippen molar-refractivity contribution in [3.05, 3.63) is 24.4 Å². The van der Waals surface area contributed by atoms with Crippen molar-refractivity contribution >= 4 is 24.2 Å². The van der Waals surface area contributed by atoms with Gasteiger partial charge in [-0.15, -0.1) is 0 Å². The van der Waals surface area contributed by atoms with Crippen LogP contribution in [-0.2, 0) is 4.57 Å². The number of methoxy groups -OCH3 is 2. The van der Waals surface area contributed by atoms with Crippen LogP contribution in [-0.4, -0.2) is 48.2 Å². The maximum atomic E-state index is 11.1. The Hall–Kier alpha value is -1.82. The summed E-state index contributed by atoms with van der Waals surface area (Å²) < 4.78 is 21.9. The van der Waals surface area contributed by atoms with Crippen molar-refractivity contribution in [2.45, 2.75) is 19.3 Å². The molecule has 1 aliphatic heterocycles. The van der Waals surface area contributed by atoms with Crippen LogP contribution in [0.1, 0.15) is 19.3 Å². The number of rotatable bonds is 6. The lowest BCUT2D eigenvalue weighted by atomic mass is 9.94. The van der Waals surface area contributed by atoms with Gasteiger partial charge < -0.3 is 24.2 Å². The van der Waals surface area contributed by atoms with E-state index < -0.39 is 7.60 Å². The first-order valence-corrected chi connectivity index (χ1v) is 10.5. The monoisotopic (exact) mass is 380 g/mol. The van der Waals surface area contributed by atoms with Crippen molar-refractivity contribution < 1.29 is 23.8 Å². The van der Waals surface area contributed by atoms with E-state index in [1.165, 1.54) is 0 Å². The van der Waals surface area contributed by atoms with Crippen LogP contribution in [0, 0.1) is 5.92 Å². The number of fused-ring (bicyclic) bond motifs is 1. The van der Waals surface area contributed by atoms with Crippen LogP contribution in [0.2, 0.25) is 0 Å². The normalized spacial score (nSPS) is 16.1. The maximum Gasteiger partial charge on any atom is 0.325 e. The Morgan fingerprint density at radius 2 is 1.85 bits per heavy atom. The van der Waals surface area contributed by atoms with E-state index in [1.807, 2.05) is 18.2 Å². The van der Waals surface area contributed by atoms with Gasteiger partial charge in [0.25, 0.3) is 0 Å². The molecular formula is C18H25N2O5P. The molecule has 1 aliphatic rings. The fraction of sp³-hybridized carbons (Fsp3) is 0.500. The summed E-state index contributed by atoms with van der Waals surface area (Å²) >= 11 is 0. The first kappa shape index (κ1) is 19.0. The van der Waals surface area contributed by atoms with Crippen LogP contribution in [0.15, 0.2) is 24.4 Å². The molecule has 0 spiro atoms. The van der Waals surface area contributed by atoms with Gasteiger partial charge in [0.1, 0.15) is 0 Å². The summed E-state index contributed by atoms with van der Waals surface area (Å²) in [4.78, 5) is 24.9. The van der Waals surface area contributed by atoms with Crippen molar-refractivity contribution in [1.82, 2.24) is 4.98 Å². The minimum Gasteiger partial charge on any atom is -0.493 e. The first-order chi connectivity index (χ1) is 12.4. The highest BCUT2D eigenvalue weighted by Gasteiger charge is 2.24. The summed E-state index contributed by atoms with van der Waals surface area (Å²) in [7, 11) is -0.678. The third-order valence-corrected chi connectivity index (χ3v) is 5.85. The van der Waals surface area contributed by atoms with E-state index in [0.717, 1.165) is 42.5 Å². The van der Waals surface area contributed by atoms with Crippen LogP contribution in [0.5, 0.6) is 11.5 Å². The Kier molecular flexibility index (Phi) is 5.70. The lowest BCUT2D eigenvalue weighted by Crippen LogP contribution is -2.34. The molecule has 0 amide bonds. The summed E-state index contributed by atoms with van der Waals surface area (Å²) in [6, 6.07) is 5.84. The summed E-state index contributed by atoms with van der Waals surface area (Å²) in [6.07, 6.45) is 4.21. The van der Waals surface area contributed by atoms with E-state index >= 15 is 0 Å². The molecule has 0 bridgehead atoms. The zero-order chi connectivity index (χ0) is 18.7. The molecule has 1 fully saturated rings. The molecule has 0 saturated carbocycles. The molecule has 8 heteroatoms. The fourth-order valence-corrected chi connectivity index (χ4v) is 4.25. The van der Waals surface area contributed by atoms with E-state index in [-0.39, 0.29) is 6.16 Å². The Balaban J connectivity index is 1.78. The van der Waals surface area contributed by atoms with Crippen LogP contribution in [0.25, 0.3) is 10.9 Å². The van der Waals surface area contributed by atoms with E-state index in [9.17, 15) is 4.57 Å². The summed E-state index contributed by atoms with van der Waals surface area (Å²) in [5.41, 5.74) is 1.95. The van der Waals surface area contributed by atoms with Gasteiger partial charge in [0.05, 0.1) is 25.9 Å². The average Bonchev–Trinajstić information content (AvgIpc) is 2.64. The lowest BCUT2D eigenvalue weighted by Gasteiger charge is -2.34. The number of piperidine rings is 1. The minimum absolute atomic E-state index is 0.0210. The second-order valence-corrected chi connectivity index (χ2v) is 8.44. The van der Waals surface area contributed by atoms with Gasteiger partial charge in [0.15, 0.2) is 11.5 Å². The van der Waals surface area contributed by atoms with Crippen molar-refractivity contribution in [3.63, 3.8) is 0 Å². The van der Waals surface area contributed by atoms with E-state index in [4.69, 9.17) is 19.3 Å². The van der Waals surface area contributed by atoms with Gasteiger partial charge in [-0.1, -0.05) is 0 Å². The predicted octanol–water partition coefficient (Wildman–Crippen LogP) is 3.04. The molecule has 0 aliphatic carbocycles. The molecule has 1 aromatic heterocycles. The summed E-state index contributed by atoms with van der Waals surface area (Å²) in [6.45, 7) is 1.72. The zero-order valence-electron chi connectivity index (χ0n) is 15.1. The molecule has 0 atom stereocenters. The lowest BCUT2D eigenvalue weighted by molar-refractivity contribution is 0.350. The van der Waals surface area contributed by atoms with E-state index in [0.29, 0.717) is 23.8 Å². The van der Waals surface area contributed by atoms with Crippen molar-refractivity contribution in [2.24, 2.45) is 5.92 Å².